The molecule has 240 valence electrons. The van der Waals surface area contributed by atoms with Crippen LogP contribution in [0.3, 0.4) is 0 Å². The molecule has 2 atom stereocenters. The zero-order valence-corrected chi connectivity index (χ0v) is 26.8. The summed E-state index contributed by atoms with van der Waals surface area (Å²) in [5.41, 5.74) is -1.57. The van der Waals surface area contributed by atoms with E-state index in [1.165, 1.54) is 16.7 Å². The van der Waals surface area contributed by atoms with Crippen molar-refractivity contribution in [2.24, 2.45) is 5.92 Å². The van der Waals surface area contributed by atoms with Gasteiger partial charge in [-0.05, 0) is 49.8 Å². The number of hydrogen-bond donors (Lipinski definition) is 2. The molecule has 0 bridgehead atoms. The number of dihydropyridines is 1. The lowest BCUT2D eigenvalue weighted by Crippen LogP contribution is -2.54. The number of anilines is 1. The fourth-order valence-corrected chi connectivity index (χ4v) is 6.45. The Morgan fingerprint density at radius 3 is 2.54 bits per heavy atom. The molecule has 4 heterocycles. The van der Waals surface area contributed by atoms with Crippen LogP contribution < -0.4 is 15.8 Å². The quantitative estimate of drug-likeness (QED) is 0.195. The predicted octanol–water partition coefficient (Wildman–Crippen LogP) is 5.96. The molecular formula is C32H29Cl2F3N6O3. The van der Waals surface area contributed by atoms with Gasteiger partial charge in [0.15, 0.2) is 23.2 Å². The lowest BCUT2D eigenvalue weighted by molar-refractivity contribution is -0.128. The van der Waals surface area contributed by atoms with Gasteiger partial charge in [-0.15, -0.1) is 0 Å². The number of phenolic OH excluding ortho intramolecular Hbond substituents is 1. The summed E-state index contributed by atoms with van der Waals surface area (Å²) in [7, 11) is 0. The largest absolute Gasteiger partial charge is 0.504 e. The van der Waals surface area contributed by atoms with E-state index >= 15 is 8.78 Å². The van der Waals surface area contributed by atoms with Gasteiger partial charge >= 0.3 is 0 Å². The molecular weight excluding hydrogens is 644 g/mol. The molecule has 1 amide bonds. The monoisotopic (exact) mass is 672 g/mol. The molecule has 2 aliphatic rings. The van der Waals surface area contributed by atoms with E-state index in [-0.39, 0.29) is 64.8 Å². The van der Waals surface area contributed by atoms with Gasteiger partial charge in [0.25, 0.3) is 5.56 Å². The first-order valence-electron chi connectivity index (χ1n) is 14.3. The van der Waals surface area contributed by atoms with E-state index < -0.39 is 51.1 Å². The maximum Gasteiger partial charge on any atom is 0.276 e. The van der Waals surface area contributed by atoms with Gasteiger partial charge in [-0.25, -0.2) is 18.2 Å². The number of halogens is 5. The van der Waals surface area contributed by atoms with E-state index in [1.54, 1.807) is 35.9 Å². The minimum Gasteiger partial charge on any atom is -0.504 e. The molecule has 1 saturated heterocycles. The highest BCUT2D eigenvalue weighted by Crippen LogP contribution is 2.43. The Morgan fingerprint density at radius 2 is 1.93 bits per heavy atom. The second-order valence-corrected chi connectivity index (χ2v) is 12.3. The molecule has 0 saturated carbocycles. The number of benzene rings is 1. The van der Waals surface area contributed by atoms with Gasteiger partial charge in [0.05, 0.1) is 33.7 Å². The molecule has 0 aliphatic carbocycles. The van der Waals surface area contributed by atoms with Crippen LogP contribution in [-0.2, 0) is 4.79 Å². The molecule has 2 aromatic heterocycles. The number of aromatic hydroxyl groups is 1. The molecule has 1 fully saturated rings. The SMILES string of the molecule is C=CC(=O)N1CCN(c2c(C#N)c(=O)n(C3=C(C)C=CNC3C(C)C)c3nc(-c4c(F)c(O)c(Cl)c(F)c4F)c(Cl)cc23)C[C@H]1C. The number of allylic oxidation sites excluding steroid dienone is 2. The Kier molecular flexibility index (Phi) is 8.86. The Hall–Kier alpha value is -4.47. The number of aromatic nitrogens is 2. The van der Waals surface area contributed by atoms with Crippen LogP contribution in [0.4, 0.5) is 18.9 Å². The van der Waals surface area contributed by atoms with Gasteiger partial charge in [-0.3, -0.25) is 14.2 Å². The van der Waals surface area contributed by atoms with Gasteiger partial charge in [0.1, 0.15) is 22.3 Å². The third-order valence-electron chi connectivity index (χ3n) is 8.28. The fraction of sp³-hybridized carbons (Fsp3) is 0.312. The Morgan fingerprint density at radius 1 is 1.24 bits per heavy atom. The van der Waals surface area contributed by atoms with Crippen LogP contribution in [0.1, 0.15) is 33.3 Å². The molecule has 5 rings (SSSR count). The van der Waals surface area contributed by atoms with Gasteiger partial charge in [0, 0.05) is 31.1 Å². The van der Waals surface area contributed by atoms with Crippen LogP contribution in [-0.4, -0.2) is 57.2 Å². The van der Waals surface area contributed by atoms with Crippen LogP contribution in [0, 0.1) is 34.7 Å². The predicted molar refractivity (Wildman–Crippen MR) is 171 cm³/mol. The molecule has 46 heavy (non-hydrogen) atoms. The zero-order valence-electron chi connectivity index (χ0n) is 25.3. The number of carbonyl (C=O) groups excluding carboxylic acids is 1. The Bertz CT molecular complexity index is 1960. The van der Waals surface area contributed by atoms with Crippen molar-refractivity contribution in [3.05, 3.63) is 80.0 Å². The maximum atomic E-state index is 15.4. The van der Waals surface area contributed by atoms with Gasteiger partial charge in [-0.2, -0.15) is 5.26 Å². The highest BCUT2D eigenvalue weighted by atomic mass is 35.5. The first kappa shape index (κ1) is 32.9. The number of nitriles is 1. The zero-order chi connectivity index (χ0) is 33.8. The van der Waals surface area contributed by atoms with E-state index in [2.05, 4.69) is 16.9 Å². The van der Waals surface area contributed by atoms with Gasteiger partial charge < -0.3 is 20.2 Å². The van der Waals surface area contributed by atoms with Crippen molar-refractivity contribution in [1.82, 2.24) is 19.8 Å². The average Bonchev–Trinajstić information content (AvgIpc) is 3.02. The van der Waals surface area contributed by atoms with Crippen molar-refractivity contribution < 1.29 is 23.1 Å². The van der Waals surface area contributed by atoms with E-state index in [0.29, 0.717) is 11.3 Å². The summed E-state index contributed by atoms with van der Waals surface area (Å²) in [6.45, 7) is 11.6. The maximum absolute atomic E-state index is 15.4. The van der Waals surface area contributed by atoms with Crippen molar-refractivity contribution in [3.8, 4) is 23.1 Å². The summed E-state index contributed by atoms with van der Waals surface area (Å²) in [5.74, 6) is -6.76. The molecule has 1 unspecified atom stereocenters. The van der Waals surface area contributed by atoms with E-state index in [4.69, 9.17) is 23.2 Å². The molecule has 1 aromatic carbocycles. The molecule has 14 heteroatoms. The van der Waals surface area contributed by atoms with Crippen LogP contribution >= 0.6 is 23.2 Å². The molecule has 0 radical (unpaired) electrons. The molecule has 3 aromatic rings. The number of pyridine rings is 2. The van der Waals surface area contributed by atoms with Crippen molar-refractivity contribution in [2.45, 2.75) is 39.8 Å². The van der Waals surface area contributed by atoms with Crippen molar-refractivity contribution in [1.29, 1.82) is 5.26 Å². The molecule has 2 N–H and O–H groups in total. The van der Waals surface area contributed by atoms with Gasteiger partial charge in [-0.1, -0.05) is 43.6 Å². The number of piperazine rings is 1. The standard InChI is InChI=1S/C32H29Cl2F3N6O3/c1-6-20(44)42-10-9-41(13-16(42)5)29-17-11-19(33)27(21-23(35)25(37)22(34)30(45)24(21)36)40-31(17)43(32(46)18(29)12-38)28-15(4)7-8-39-26(28)14(2)3/h6-8,11,14,16,26,39,45H,1,9-10,13H2,2-5H3/t16-,26?/m1/s1. The number of hydrogen-bond acceptors (Lipinski definition) is 7. The summed E-state index contributed by atoms with van der Waals surface area (Å²) in [5, 5.41) is 22.4. The number of amides is 1. The van der Waals surface area contributed by atoms with Crippen LogP contribution in [0.25, 0.3) is 28.0 Å². The highest BCUT2D eigenvalue weighted by molar-refractivity contribution is 6.34. The normalized spacial score (nSPS) is 18.3. The van der Waals surface area contributed by atoms with Crippen LogP contribution in [0.5, 0.6) is 5.75 Å². The van der Waals surface area contributed by atoms with E-state index in [0.717, 1.165) is 0 Å². The number of fused-ring (bicyclic) bond motifs is 1. The summed E-state index contributed by atoms with van der Waals surface area (Å²) >= 11 is 12.2. The van der Waals surface area contributed by atoms with Crippen molar-refractivity contribution in [3.63, 3.8) is 0 Å². The molecule has 2 aliphatic heterocycles. The summed E-state index contributed by atoms with van der Waals surface area (Å²) in [4.78, 5) is 34.7. The van der Waals surface area contributed by atoms with E-state index in [1.807, 2.05) is 19.9 Å². The third kappa shape index (κ3) is 5.17. The number of phenols is 1. The number of nitrogens with one attached hydrogen (secondary N) is 1. The molecule has 9 nitrogen and oxygen atoms in total. The average molecular weight is 674 g/mol. The molecule has 0 spiro atoms. The smallest absolute Gasteiger partial charge is 0.276 e. The summed E-state index contributed by atoms with van der Waals surface area (Å²) in [6.07, 6.45) is 4.66. The van der Waals surface area contributed by atoms with Crippen molar-refractivity contribution in [2.75, 3.05) is 24.5 Å². The first-order valence-corrected chi connectivity index (χ1v) is 15.1. The number of rotatable bonds is 5. The summed E-state index contributed by atoms with van der Waals surface area (Å²) in [6, 6.07) is 2.53. The first-order chi connectivity index (χ1) is 21.7. The lowest BCUT2D eigenvalue weighted by atomic mass is 9.94. The number of nitrogens with zero attached hydrogens (tertiary/aromatic N) is 5. The van der Waals surface area contributed by atoms with Gasteiger partial charge in [0.2, 0.25) is 5.91 Å². The third-order valence-corrected chi connectivity index (χ3v) is 8.92. The minimum absolute atomic E-state index is 0.0812. The lowest BCUT2D eigenvalue weighted by Gasteiger charge is -2.41. The highest BCUT2D eigenvalue weighted by Gasteiger charge is 2.34. The fourth-order valence-electron chi connectivity index (χ4n) is 6.04. The summed E-state index contributed by atoms with van der Waals surface area (Å²) < 4.78 is 46.6. The second-order valence-electron chi connectivity index (χ2n) is 11.5. The van der Waals surface area contributed by atoms with E-state index in [9.17, 15) is 24.3 Å². The Balaban J connectivity index is 1.91. The second kappa shape index (κ2) is 12.4. The van der Waals surface area contributed by atoms with Crippen LogP contribution in [0.2, 0.25) is 10.0 Å². The van der Waals surface area contributed by atoms with Crippen LogP contribution in [0.15, 0.2) is 41.4 Å². The van der Waals surface area contributed by atoms with Crippen molar-refractivity contribution >= 4 is 51.5 Å². The topological polar surface area (TPSA) is 114 Å². The minimum atomic E-state index is -1.74. The Labute approximate surface area is 272 Å². The number of carbonyl (C=O) groups is 1.